The second kappa shape index (κ2) is 8.10. The van der Waals surface area contributed by atoms with E-state index >= 15 is 0 Å². The summed E-state index contributed by atoms with van der Waals surface area (Å²) in [4.78, 5) is 27.9. The van der Waals surface area contributed by atoms with Crippen LogP contribution in [0.4, 0.5) is 11.4 Å². The number of nitrogens with one attached hydrogen (secondary N) is 1. The fourth-order valence-corrected chi connectivity index (χ4v) is 2.97. The van der Waals surface area contributed by atoms with Crippen LogP contribution in [0.3, 0.4) is 0 Å². The maximum atomic E-state index is 12.3. The summed E-state index contributed by atoms with van der Waals surface area (Å²) in [6, 6.07) is 15.0. The van der Waals surface area contributed by atoms with Crippen LogP contribution in [-0.4, -0.2) is 45.1 Å². The fourth-order valence-electron chi connectivity index (χ4n) is 2.75. The number of likely N-dealkylation sites (N-methyl/N-ethyl adjacent to an activating group) is 1. The maximum Gasteiger partial charge on any atom is 0.265 e. The topological polar surface area (TPSA) is 61.9 Å². The molecule has 0 radical (unpaired) electrons. The third-order valence-electron chi connectivity index (χ3n) is 4.15. The molecule has 1 aliphatic rings. The number of carbonyl (C=O) groups excluding carboxylic acids is 2. The van der Waals surface area contributed by atoms with Gasteiger partial charge in [0.05, 0.1) is 10.7 Å². The number of hydrogen-bond donors (Lipinski definition) is 1. The lowest BCUT2D eigenvalue weighted by atomic mass is 10.2. The summed E-state index contributed by atoms with van der Waals surface area (Å²) < 4.78 is 5.38. The van der Waals surface area contributed by atoms with E-state index in [1.165, 1.54) is 4.90 Å². The summed E-state index contributed by atoms with van der Waals surface area (Å²) in [6.07, 6.45) is 0. The molecule has 0 fully saturated rings. The Hall–Kier alpha value is -2.73. The highest BCUT2D eigenvalue weighted by Gasteiger charge is 2.28. The lowest BCUT2D eigenvalue weighted by molar-refractivity contribution is -0.125. The molecule has 0 bridgehead atoms. The molecule has 0 saturated carbocycles. The van der Waals surface area contributed by atoms with Crippen molar-refractivity contribution >= 4 is 34.8 Å². The van der Waals surface area contributed by atoms with Gasteiger partial charge in [0.15, 0.2) is 12.4 Å². The molecule has 0 atom stereocenters. The molecule has 0 saturated heterocycles. The Kier molecular flexibility index (Phi) is 5.63. The minimum absolute atomic E-state index is 0.0649. The first-order valence-corrected chi connectivity index (χ1v) is 8.68. The minimum atomic E-state index is -0.267. The van der Waals surface area contributed by atoms with Crippen LogP contribution in [0, 0.1) is 0 Å². The summed E-state index contributed by atoms with van der Waals surface area (Å²) >= 11 is 6.10. The molecule has 2 aromatic rings. The monoisotopic (exact) mass is 373 g/mol. The van der Waals surface area contributed by atoms with Crippen LogP contribution in [0.2, 0.25) is 5.02 Å². The summed E-state index contributed by atoms with van der Waals surface area (Å²) in [5.41, 5.74) is 1.60. The molecule has 2 aromatic carbocycles. The summed E-state index contributed by atoms with van der Waals surface area (Å²) in [5.74, 6) is -0.0608. The highest BCUT2D eigenvalue weighted by atomic mass is 35.5. The highest BCUT2D eigenvalue weighted by molar-refractivity contribution is 6.32. The number of anilines is 2. The molecular formula is C19H20ClN3O3. The zero-order chi connectivity index (χ0) is 18.5. The van der Waals surface area contributed by atoms with Crippen molar-refractivity contribution < 1.29 is 14.3 Å². The first-order valence-electron chi connectivity index (χ1n) is 8.31. The molecule has 3 rings (SSSR count). The Morgan fingerprint density at radius 3 is 2.77 bits per heavy atom. The zero-order valence-electron chi connectivity index (χ0n) is 14.4. The molecule has 1 aliphatic heterocycles. The molecule has 7 heteroatoms. The number of fused-ring (bicyclic) bond motifs is 1. The van der Waals surface area contributed by atoms with E-state index in [-0.39, 0.29) is 25.0 Å². The van der Waals surface area contributed by atoms with Crippen LogP contribution in [0.1, 0.15) is 0 Å². The van der Waals surface area contributed by atoms with Gasteiger partial charge in [0.1, 0.15) is 6.54 Å². The van der Waals surface area contributed by atoms with Gasteiger partial charge in [-0.3, -0.25) is 14.5 Å². The van der Waals surface area contributed by atoms with E-state index in [0.717, 1.165) is 5.69 Å². The van der Waals surface area contributed by atoms with Crippen molar-refractivity contribution in [2.75, 3.05) is 43.1 Å². The van der Waals surface area contributed by atoms with E-state index < -0.39 is 0 Å². The van der Waals surface area contributed by atoms with Gasteiger partial charge in [0.2, 0.25) is 5.91 Å². The van der Waals surface area contributed by atoms with E-state index in [4.69, 9.17) is 16.3 Å². The molecule has 0 unspecified atom stereocenters. The molecule has 6 nitrogen and oxygen atoms in total. The number of amides is 2. The highest BCUT2D eigenvalue weighted by Crippen LogP contribution is 2.37. The van der Waals surface area contributed by atoms with Crippen molar-refractivity contribution in [2.24, 2.45) is 0 Å². The summed E-state index contributed by atoms with van der Waals surface area (Å²) in [5, 5.41) is 3.27. The average molecular weight is 374 g/mol. The van der Waals surface area contributed by atoms with Gasteiger partial charge in [-0.25, -0.2) is 0 Å². The maximum absolute atomic E-state index is 12.3. The van der Waals surface area contributed by atoms with Gasteiger partial charge in [-0.1, -0.05) is 35.9 Å². The Balaban J connectivity index is 1.55. The standard InChI is InChI=1S/C19H20ClN3O3/c1-22(14-6-3-2-4-7-14)11-10-21-17(24)12-23-16-9-5-8-15(20)19(16)26-13-18(23)25/h2-9H,10-13H2,1H3,(H,21,24). The van der Waals surface area contributed by atoms with Crippen LogP contribution in [0.25, 0.3) is 0 Å². The van der Waals surface area contributed by atoms with Crippen LogP contribution in [0.5, 0.6) is 5.75 Å². The quantitative estimate of drug-likeness (QED) is 0.844. The number of para-hydroxylation sites is 2. The molecule has 0 aromatic heterocycles. The van der Waals surface area contributed by atoms with E-state index in [1.807, 2.05) is 37.4 Å². The van der Waals surface area contributed by atoms with E-state index in [2.05, 4.69) is 10.2 Å². The van der Waals surface area contributed by atoms with Gasteiger partial charge < -0.3 is 15.0 Å². The van der Waals surface area contributed by atoms with Crippen molar-refractivity contribution in [1.29, 1.82) is 0 Å². The lowest BCUT2D eigenvalue weighted by Crippen LogP contribution is -2.46. The van der Waals surface area contributed by atoms with Crippen molar-refractivity contribution in [1.82, 2.24) is 5.32 Å². The van der Waals surface area contributed by atoms with Gasteiger partial charge in [-0.2, -0.15) is 0 Å². The van der Waals surface area contributed by atoms with Crippen LogP contribution in [-0.2, 0) is 9.59 Å². The predicted octanol–water partition coefficient (Wildman–Crippen LogP) is 2.32. The number of halogens is 1. The predicted molar refractivity (Wildman–Crippen MR) is 102 cm³/mol. The van der Waals surface area contributed by atoms with Crippen LogP contribution >= 0.6 is 11.6 Å². The van der Waals surface area contributed by atoms with Gasteiger partial charge in [-0.15, -0.1) is 0 Å². The Labute approximate surface area is 157 Å². The average Bonchev–Trinajstić information content (AvgIpc) is 2.65. The van der Waals surface area contributed by atoms with E-state index in [0.29, 0.717) is 29.5 Å². The summed E-state index contributed by atoms with van der Waals surface area (Å²) in [7, 11) is 1.96. The number of ether oxygens (including phenoxy) is 1. The van der Waals surface area contributed by atoms with Gasteiger partial charge in [0.25, 0.3) is 5.91 Å². The largest absolute Gasteiger partial charge is 0.480 e. The van der Waals surface area contributed by atoms with Crippen molar-refractivity contribution in [2.45, 2.75) is 0 Å². The molecule has 0 spiro atoms. The zero-order valence-corrected chi connectivity index (χ0v) is 15.2. The smallest absolute Gasteiger partial charge is 0.265 e. The normalized spacial score (nSPS) is 13.0. The van der Waals surface area contributed by atoms with Gasteiger partial charge in [0, 0.05) is 25.8 Å². The SMILES string of the molecule is CN(CCNC(=O)CN1C(=O)COc2c(Cl)cccc21)c1ccccc1. The van der Waals surface area contributed by atoms with Crippen molar-refractivity contribution in [3.05, 3.63) is 53.6 Å². The number of benzene rings is 2. The first kappa shape index (κ1) is 18.1. The third kappa shape index (κ3) is 4.08. The molecule has 1 N–H and O–H groups in total. The van der Waals surface area contributed by atoms with Gasteiger partial charge >= 0.3 is 0 Å². The Morgan fingerprint density at radius 2 is 2.00 bits per heavy atom. The molecule has 26 heavy (non-hydrogen) atoms. The number of nitrogens with zero attached hydrogens (tertiary/aromatic N) is 2. The summed E-state index contributed by atoms with van der Waals surface area (Å²) in [6.45, 7) is 0.950. The first-order chi connectivity index (χ1) is 12.6. The van der Waals surface area contributed by atoms with E-state index in [1.54, 1.807) is 18.2 Å². The number of hydrogen-bond acceptors (Lipinski definition) is 4. The Bertz CT molecular complexity index is 798. The Morgan fingerprint density at radius 1 is 1.23 bits per heavy atom. The van der Waals surface area contributed by atoms with Gasteiger partial charge in [-0.05, 0) is 24.3 Å². The van der Waals surface area contributed by atoms with Crippen molar-refractivity contribution in [3.63, 3.8) is 0 Å². The number of carbonyl (C=O) groups is 2. The van der Waals surface area contributed by atoms with Crippen LogP contribution in [0.15, 0.2) is 48.5 Å². The second-order valence-electron chi connectivity index (χ2n) is 5.96. The second-order valence-corrected chi connectivity index (χ2v) is 6.37. The molecule has 2 amide bonds. The molecule has 136 valence electrons. The molecule has 0 aliphatic carbocycles. The van der Waals surface area contributed by atoms with Crippen molar-refractivity contribution in [3.8, 4) is 5.75 Å². The van der Waals surface area contributed by atoms with Crippen LogP contribution < -0.4 is 19.9 Å². The van der Waals surface area contributed by atoms with E-state index in [9.17, 15) is 9.59 Å². The molecular weight excluding hydrogens is 354 g/mol. The minimum Gasteiger partial charge on any atom is -0.480 e. The number of rotatable bonds is 6. The fraction of sp³-hybridized carbons (Fsp3) is 0.263. The third-order valence-corrected chi connectivity index (χ3v) is 4.44. The lowest BCUT2D eigenvalue weighted by Gasteiger charge is -2.29. The molecule has 1 heterocycles.